The minimum Gasteiger partial charge on any atom is -0.483 e. The largest absolute Gasteiger partial charge is 0.483 e. The number of rotatable bonds is 2. The molecule has 2 saturated heterocycles. The van der Waals surface area contributed by atoms with Crippen molar-refractivity contribution in [3.8, 4) is 5.75 Å². The van der Waals surface area contributed by atoms with Crippen LogP contribution in [0.15, 0.2) is 30.5 Å². The number of aryl methyl sites for hydroxylation is 1. The topological polar surface area (TPSA) is 128 Å². The fraction of sp³-hybridized carbons (Fsp3) is 0.600. The van der Waals surface area contributed by atoms with Crippen LogP contribution in [0.1, 0.15) is 60.6 Å². The highest BCUT2D eigenvalue weighted by molar-refractivity contribution is 5.95. The highest BCUT2D eigenvalue weighted by atomic mass is 16.5. The van der Waals surface area contributed by atoms with Crippen molar-refractivity contribution < 1.29 is 24.5 Å². The molecule has 0 bridgehead atoms. The lowest BCUT2D eigenvalue weighted by Crippen LogP contribution is -2.51. The average Bonchev–Trinajstić information content (AvgIpc) is 2.95. The molecule has 3 aliphatic heterocycles. The van der Waals surface area contributed by atoms with Gasteiger partial charge in [-0.3, -0.25) is 9.59 Å². The number of aliphatic hydroxyl groups is 2. The van der Waals surface area contributed by atoms with Crippen molar-refractivity contribution in [1.29, 1.82) is 0 Å². The first-order valence-corrected chi connectivity index (χ1v) is 14.4. The Morgan fingerprint density at radius 3 is 2.55 bits per heavy atom. The molecule has 216 valence electrons. The highest BCUT2D eigenvalue weighted by Crippen LogP contribution is 2.37. The molecule has 4 heterocycles. The minimum absolute atomic E-state index is 0.103. The van der Waals surface area contributed by atoms with Gasteiger partial charge in [-0.25, -0.2) is 9.97 Å². The molecule has 2 amide bonds. The smallest absolute Gasteiger partial charge is 0.257 e. The Labute approximate surface area is 235 Å². The van der Waals surface area contributed by atoms with Crippen molar-refractivity contribution in [3.63, 3.8) is 0 Å². The van der Waals surface area contributed by atoms with Crippen LogP contribution in [0, 0.1) is 18.3 Å². The number of amides is 2. The van der Waals surface area contributed by atoms with Crippen LogP contribution in [-0.2, 0) is 11.2 Å². The fourth-order valence-electron chi connectivity index (χ4n) is 6.07. The Morgan fingerprint density at radius 2 is 1.82 bits per heavy atom. The van der Waals surface area contributed by atoms with Crippen LogP contribution in [0.25, 0.3) is 0 Å². The van der Waals surface area contributed by atoms with Gasteiger partial charge in [0, 0.05) is 45.3 Å². The molecule has 40 heavy (non-hydrogen) atoms. The Bertz CT molecular complexity index is 1210. The van der Waals surface area contributed by atoms with Gasteiger partial charge in [-0.15, -0.1) is 0 Å². The number of carbonyl (C=O) groups is 2. The molecule has 1 aromatic heterocycles. The van der Waals surface area contributed by atoms with Crippen molar-refractivity contribution >= 4 is 17.8 Å². The first-order valence-electron chi connectivity index (χ1n) is 14.4. The van der Waals surface area contributed by atoms with Crippen molar-refractivity contribution in [1.82, 2.24) is 20.2 Å². The average molecular weight is 552 g/mol. The van der Waals surface area contributed by atoms with E-state index < -0.39 is 17.6 Å². The summed E-state index contributed by atoms with van der Waals surface area (Å²) in [7, 11) is 0. The van der Waals surface area contributed by atoms with E-state index in [9.17, 15) is 19.8 Å². The van der Waals surface area contributed by atoms with Gasteiger partial charge in [0.2, 0.25) is 5.95 Å². The van der Waals surface area contributed by atoms with E-state index >= 15 is 0 Å². The summed E-state index contributed by atoms with van der Waals surface area (Å²) in [6, 6.07) is 7.25. The minimum atomic E-state index is -0.979. The van der Waals surface area contributed by atoms with E-state index in [1.165, 1.54) is 0 Å². The van der Waals surface area contributed by atoms with E-state index in [0.717, 1.165) is 31.5 Å². The molecule has 0 unspecified atom stereocenters. The lowest BCUT2D eigenvalue weighted by Gasteiger charge is -2.43. The maximum absolute atomic E-state index is 13.5. The predicted molar refractivity (Wildman–Crippen MR) is 150 cm³/mol. The van der Waals surface area contributed by atoms with Crippen LogP contribution in [0.3, 0.4) is 0 Å². The molecule has 10 heteroatoms. The van der Waals surface area contributed by atoms with Crippen LogP contribution in [0.4, 0.5) is 5.95 Å². The Balaban J connectivity index is 1.25. The number of fused-ring (bicyclic) bond motifs is 1. The summed E-state index contributed by atoms with van der Waals surface area (Å²) in [6.07, 6.45) is 3.66. The second-order valence-electron chi connectivity index (χ2n) is 11.8. The zero-order chi connectivity index (χ0) is 28.3. The van der Waals surface area contributed by atoms with Crippen LogP contribution < -0.4 is 15.0 Å². The third kappa shape index (κ3) is 6.39. The molecule has 2 atom stereocenters. The summed E-state index contributed by atoms with van der Waals surface area (Å²) in [6.45, 7) is 7.15. The third-order valence-electron chi connectivity index (χ3n) is 8.88. The number of nitrogens with one attached hydrogen (secondary N) is 1. The van der Waals surface area contributed by atoms with Gasteiger partial charge < -0.3 is 30.1 Å². The number of ether oxygens (including phenoxy) is 1. The summed E-state index contributed by atoms with van der Waals surface area (Å²) < 4.78 is 5.72. The van der Waals surface area contributed by atoms with Gasteiger partial charge >= 0.3 is 0 Å². The lowest BCUT2D eigenvalue weighted by molar-refractivity contribution is -0.124. The summed E-state index contributed by atoms with van der Waals surface area (Å²) in [5, 5.41) is 24.8. The maximum atomic E-state index is 13.5. The normalized spacial score (nSPS) is 24.4. The molecule has 10 nitrogen and oxygen atoms in total. The maximum Gasteiger partial charge on any atom is 0.257 e. The third-order valence-corrected chi connectivity index (χ3v) is 8.88. The number of nitrogens with zero attached hydrogens (tertiary/aromatic N) is 4. The van der Waals surface area contributed by atoms with Gasteiger partial charge in [0.05, 0.1) is 23.5 Å². The number of aromatic nitrogens is 2. The number of hydrogen-bond donors (Lipinski definition) is 3. The molecule has 0 radical (unpaired) electrons. The zero-order valence-corrected chi connectivity index (χ0v) is 23.5. The van der Waals surface area contributed by atoms with Crippen LogP contribution >= 0.6 is 0 Å². The number of anilines is 1. The van der Waals surface area contributed by atoms with Gasteiger partial charge in [-0.05, 0) is 62.0 Å². The Kier molecular flexibility index (Phi) is 8.56. The van der Waals surface area contributed by atoms with Crippen molar-refractivity contribution in [2.24, 2.45) is 11.3 Å². The SMILES string of the molecule is Cc1nc(N2CCC(C)CC2)ncc1C(=O)N1CCC2(CC1)CNC(=O)COc1ccccc1C[C@H](O)[C@H](O)C2. The summed E-state index contributed by atoms with van der Waals surface area (Å²) in [5.41, 5.74) is 1.47. The molecule has 2 aromatic rings. The standard InChI is InChI=1S/C30H41N5O5/c1-20-7-11-35(12-8-20)29-31-17-23(21(2)33-29)28(39)34-13-9-30(10-14-34)16-25(37)24(36)15-22-5-3-4-6-26(22)40-18-27(38)32-19-30/h3-6,17,20,24-25,36-37H,7-16,18-19H2,1-2H3,(H,32,38)/t24-,25+/m0/s1. The van der Waals surface area contributed by atoms with Gasteiger partial charge in [0.1, 0.15) is 5.75 Å². The second kappa shape index (κ2) is 12.1. The number of likely N-dealkylation sites (tertiary alicyclic amines) is 1. The quantitative estimate of drug-likeness (QED) is 0.518. The van der Waals surface area contributed by atoms with E-state index in [4.69, 9.17) is 4.74 Å². The number of para-hydroxylation sites is 1. The van der Waals surface area contributed by atoms with Gasteiger partial charge in [0.15, 0.2) is 6.61 Å². The Hall–Kier alpha value is -3.24. The first-order chi connectivity index (χ1) is 19.2. The molecule has 3 aliphatic rings. The van der Waals surface area contributed by atoms with Crippen molar-refractivity contribution in [3.05, 3.63) is 47.3 Å². The van der Waals surface area contributed by atoms with E-state index in [1.54, 1.807) is 17.2 Å². The van der Waals surface area contributed by atoms with Crippen LogP contribution in [0.2, 0.25) is 0 Å². The monoisotopic (exact) mass is 551 g/mol. The number of piperidine rings is 2. The summed E-state index contributed by atoms with van der Waals surface area (Å²) >= 11 is 0. The van der Waals surface area contributed by atoms with Gasteiger partial charge in [0.25, 0.3) is 11.8 Å². The molecule has 0 aliphatic carbocycles. The molecule has 0 saturated carbocycles. The number of hydrogen-bond acceptors (Lipinski definition) is 8. The molecule has 2 fully saturated rings. The molecule has 5 rings (SSSR count). The van der Waals surface area contributed by atoms with Crippen LogP contribution in [-0.4, -0.2) is 88.4 Å². The number of carbonyl (C=O) groups excluding carboxylic acids is 2. The zero-order valence-electron chi connectivity index (χ0n) is 23.5. The van der Waals surface area contributed by atoms with Crippen molar-refractivity contribution in [2.45, 2.75) is 64.6 Å². The van der Waals surface area contributed by atoms with Gasteiger partial charge in [-0.1, -0.05) is 25.1 Å². The molecule has 3 N–H and O–H groups in total. The second-order valence-corrected chi connectivity index (χ2v) is 11.8. The number of benzene rings is 1. The summed E-state index contributed by atoms with van der Waals surface area (Å²) in [4.78, 5) is 39.3. The first kappa shape index (κ1) is 28.3. The van der Waals surface area contributed by atoms with Gasteiger partial charge in [-0.2, -0.15) is 0 Å². The highest BCUT2D eigenvalue weighted by Gasteiger charge is 2.40. The number of aliphatic hydroxyl groups excluding tert-OH is 2. The van der Waals surface area contributed by atoms with Crippen molar-refractivity contribution in [2.75, 3.05) is 44.2 Å². The molecule has 1 spiro atoms. The lowest BCUT2D eigenvalue weighted by atomic mass is 9.73. The predicted octanol–water partition coefficient (Wildman–Crippen LogP) is 2.11. The van der Waals surface area contributed by atoms with E-state index in [0.29, 0.717) is 67.8 Å². The fourth-order valence-corrected chi connectivity index (χ4v) is 6.07. The van der Waals surface area contributed by atoms with E-state index in [2.05, 4.69) is 27.1 Å². The van der Waals surface area contributed by atoms with E-state index in [1.807, 2.05) is 25.1 Å². The Morgan fingerprint density at radius 1 is 1.10 bits per heavy atom. The summed E-state index contributed by atoms with van der Waals surface area (Å²) in [5.74, 6) is 1.59. The molecule has 1 aromatic carbocycles. The molecular weight excluding hydrogens is 510 g/mol. The van der Waals surface area contributed by atoms with Crippen LogP contribution in [0.5, 0.6) is 5.75 Å². The van der Waals surface area contributed by atoms with E-state index in [-0.39, 0.29) is 24.8 Å². The molecular formula is C30H41N5O5.